The molecule has 148 valence electrons. The number of carbonyl (C=O) groups is 1. The van der Waals surface area contributed by atoms with Crippen molar-refractivity contribution in [1.29, 1.82) is 0 Å². The Morgan fingerprint density at radius 2 is 1.54 bits per heavy atom. The molecule has 4 nitrogen and oxygen atoms in total. The molecule has 2 N–H and O–H groups in total. The number of amides is 1. The number of carbonyl (C=O) groups excluding carboxylic acids is 1. The SMILES string of the molecule is O=C(NO)C1(Sc2ccc(Sc3ccc(F)cc3)cc2)CCN(C2CC2)CC1. The van der Waals surface area contributed by atoms with Gasteiger partial charge in [0.05, 0.1) is 0 Å². The van der Waals surface area contributed by atoms with Gasteiger partial charge in [-0.2, -0.15) is 0 Å². The minimum Gasteiger partial charge on any atom is -0.300 e. The molecule has 1 heterocycles. The Morgan fingerprint density at radius 3 is 2.07 bits per heavy atom. The van der Waals surface area contributed by atoms with Crippen molar-refractivity contribution in [2.45, 2.75) is 51.2 Å². The van der Waals surface area contributed by atoms with E-state index in [-0.39, 0.29) is 11.7 Å². The van der Waals surface area contributed by atoms with Crippen LogP contribution in [0.4, 0.5) is 4.39 Å². The molecule has 1 aliphatic carbocycles. The molecule has 4 rings (SSSR count). The average Bonchev–Trinajstić information content (AvgIpc) is 3.56. The van der Waals surface area contributed by atoms with Gasteiger partial charge in [0, 0.05) is 33.8 Å². The van der Waals surface area contributed by atoms with Crippen LogP contribution in [0.5, 0.6) is 0 Å². The Morgan fingerprint density at radius 1 is 1.00 bits per heavy atom. The predicted molar refractivity (Wildman–Crippen MR) is 109 cm³/mol. The Balaban J connectivity index is 1.43. The highest BCUT2D eigenvalue weighted by Gasteiger charge is 2.44. The molecule has 0 atom stereocenters. The summed E-state index contributed by atoms with van der Waals surface area (Å²) in [6, 6.07) is 15.2. The van der Waals surface area contributed by atoms with Gasteiger partial charge in [-0.3, -0.25) is 10.0 Å². The summed E-state index contributed by atoms with van der Waals surface area (Å²) in [5.41, 5.74) is 1.89. The molecule has 2 aliphatic rings. The quantitative estimate of drug-likeness (QED) is 0.532. The molecule has 0 bridgehead atoms. The number of nitrogens with zero attached hydrogens (tertiary/aromatic N) is 1. The second kappa shape index (κ2) is 8.45. The molecule has 7 heteroatoms. The average molecular weight is 419 g/mol. The number of benzene rings is 2. The minimum absolute atomic E-state index is 0.240. The van der Waals surface area contributed by atoms with E-state index in [0.717, 1.165) is 40.6 Å². The molecule has 2 aromatic rings. The Labute approximate surface area is 172 Å². The number of hydroxylamine groups is 1. The number of rotatable bonds is 6. The second-order valence-electron chi connectivity index (χ2n) is 7.33. The first-order valence-corrected chi connectivity index (χ1v) is 11.1. The molecule has 2 fully saturated rings. The third kappa shape index (κ3) is 4.54. The normalized spacial score (nSPS) is 19.4. The third-order valence-electron chi connectivity index (χ3n) is 5.37. The zero-order valence-electron chi connectivity index (χ0n) is 15.4. The lowest BCUT2D eigenvalue weighted by Crippen LogP contribution is -2.51. The number of thioether (sulfide) groups is 1. The van der Waals surface area contributed by atoms with Crippen molar-refractivity contribution >= 4 is 29.4 Å². The highest BCUT2D eigenvalue weighted by Crippen LogP contribution is 2.43. The second-order valence-corrected chi connectivity index (χ2v) is 9.94. The zero-order chi connectivity index (χ0) is 19.6. The number of halogens is 1. The van der Waals surface area contributed by atoms with E-state index < -0.39 is 4.75 Å². The lowest BCUT2D eigenvalue weighted by molar-refractivity contribution is -0.133. The number of likely N-dealkylation sites (tertiary alicyclic amines) is 1. The molecule has 0 aromatic heterocycles. The van der Waals surface area contributed by atoms with Crippen LogP contribution in [0.3, 0.4) is 0 Å². The van der Waals surface area contributed by atoms with Gasteiger partial charge < -0.3 is 4.90 Å². The largest absolute Gasteiger partial charge is 0.300 e. The highest BCUT2D eigenvalue weighted by atomic mass is 32.2. The fraction of sp³-hybridized carbons (Fsp3) is 0.381. The molecule has 0 unspecified atom stereocenters. The van der Waals surface area contributed by atoms with Gasteiger partial charge in [-0.25, -0.2) is 9.87 Å². The molecular weight excluding hydrogens is 395 g/mol. The highest BCUT2D eigenvalue weighted by molar-refractivity contribution is 8.01. The van der Waals surface area contributed by atoms with E-state index in [9.17, 15) is 14.4 Å². The number of nitrogens with one attached hydrogen (secondary N) is 1. The Hall–Kier alpha value is -1.54. The molecule has 2 aromatic carbocycles. The number of hydrogen-bond acceptors (Lipinski definition) is 5. The predicted octanol–water partition coefficient (Wildman–Crippen LogP) is 4.57. The number of hydrogen-bond donors (Lipinski definition) is 2. The summed E-state index contributed by atoms with van der Waals surface area (Å²) in [4.78, 5) is 18.0. The maximum atomic E-state index is 13.0. The Kier molecular flexibility index (Phi) is 5.96. The van der Waals surface area contributed by atoms with E-state index in [1.165, 1.54) is 36.7 Å². The number of piperidine rings is 1. The first-order valence-electron chi connectivity index (χ1n) is 9.49. The van der Waals surface area contributed by atoms with E-state index in [1.807, 2.05) is 29.7 Å². The van der Waals surface area contributed by atoms with Crippen LogP contribution in [0.15, 0.2) is 63.2 Å². The fourth-order valence-electron chi connectivity index (χ4n) is 3.61. The van der Waals surface area contributed by atoms with Crippen LogP contribution in [-0.4, -0.2) is 39.9 Å². The van der Waals surface area contributed by atoms with Crippen molar-refractivity contribution in [3.63, 3.8) is 0 Å². The fourth-order valence-corrected chi connectivity index (χ4v) is 5.67. The summed E-state index contributed by atoms with van der Waals surface area (Å²) in [6.07, 6.45) is 3.98. The standard InChI is InChI=1S/C21H23FN2O2S2/c22-15-1-5-17(6-2-15)27-18-7-9-19(10-8-18)28-21(20(25)23-26)11-13-24(14-12-21)16-3-4-16/h1-2,5-10,16,26H,3-4,11-14H2,(H,23,25). The van der Waals surface area contributed by atoms with E-state index in [0.29, 0.717) is 6.04 Å². The van der Waals surface area contributed by atoms with Gasteiger partial charge in [-0.05, 0) is 74.2 Å². The van der Waals surface area contributed by atoms with Crippen molar-refractivity contribution in [3.05, 3.63) is 54.3 Å². The van der Waals surface area contributed by atoms with Crippen molar-refractivity contribution in [2.24, 2.45) is 0 Å². The molecule has 1 aliphatic heterocycles. The van der Waals surface area contributed by atoms with Crippen LogP contribution in [0, 0.1) is 5.82 Å². The molecule has 1 saturated carbocycles. The first-order chi connectivity index (χ1) is 13.6. The van der Waals surface area contributed by atoms with Gasteiger partial charge in [0.2, 0.25) is 0 Å². The van der Waals surface area contributed by atoms with Crippen LogP contribution in [0.25, 0.3) is 0 Å². The summed E-state index contributed by atoms with van der Waals surface area (Å²) in [7, 11) is 0. The molecular formula is C21H23FN2O2S2. The van der Waals surface area contributed by atoms with Crippen LogP contribution in [0.1, 0.15) is 25.7 Å². The van der Waals surface area contributed by atoms with Gasteiger partial charge in [0.25, 0.3) is 5.91 Å². The zero-order valence-corrected chi connectivity index (χ0v) is 17.1. The van der Waals surface area contributed by atoms with Gasteiger partial charge in [-0.1, -0.05) is 11.8 Å². The first kappa shape index (κ1) is 19.8. The lowest BCUT2D eigenvalue weighted by Gasteiger charge is -2.39. The minimum atomic E-state index is -0.633. The van der Waals surface area contributed by atoms with E-state index >= 15 is 0 Å². The Bertz CT molecular complexity index is 817. The third-order valence-corrected chi connectivity index (χ3v) is 7.88. The van der Waals surface area contributed by atoms with Gasteiger partial charge in [0.15, 0.2) is 0 Å². The van der Waals surface area contributed by atoms with Crippen LogP contribution in [-0.2, 0) is 4.79 Å². The van der Waals surface area contributed by atoms with Gasteiger partial charge in [0.1, 0.15) is 10.6 Å². The van der Waals surface area contributed by atoms with E-state index in [1.54, 1.807) is 23.9 Å². The van der Waals surface area contributed by atoms with Crippen molar-refractivity contribution < 1.29 is 14.4 Å². The molecule has 1 saturated heterocycles. The van der Waals surface area contributed by atoms with Gasteiger partial charge in [-0.15, -0.1) is 11.8 Å². The maximum Gasteiger partial charge on any atom is 0.260 e. The lowest BCUT2D eigenvalue weighted by atomic mass is 9.95. The van der Waals surface area contributed by atoms with Crippen LogP contribution < -0.4 is 5.48 Å². The van der Waals surface area contributed by atoms with E-state index in [4.69, 9.17) is 0 Å². The molecule has 0 radical (unpaired) electrons. The van der Waals surface area contributed by atoms with Crippen molar-refractivity contribution in [1.82, 2.24) is 10.4 Å². The summed E-state index contributed by atoms with van der Waals surface area (Å²) >= 11 is 3.11. The summed E-state index contributed by atoms with van der Waals surface area (Å²) in [5, 5.41) is 9.29. The topological polar surface area (TPSA) is 52.6 Å². The van der Waals surface area contributed by atoms with Crippen LogP contribution >= 0.6 is 23.5 Å². The summed E-state index contributed by atoms with van der Waals surface area (Å²) in [5.74, 6) is -0.547. The van der Waals surface area contributed by atoms with Crippen molar-refractivity contribution in [2.75, 3.05) is 13.1 Å². The van der Waals surface area contributed by atoms with Crippen LogP contribution in [0.2, 0.25) is 0 Å². The van der Waals surface area contributed by atoms with Gasteiger partial charge >= 0.3 is 0 Å². The monoisotopic (exact) mass is 418 g/mol. The molecule has 1 amide bonds. The molecule has 28 heavy (non-hydrogen) atoms. The van der Waals surface area contributed by atoms with E-state index in [2.05, 4.69) is 4.90 Å². The smallest absolute Gasteiger partial charge is 0.260 e. The molecule has 0 spiro atoms. The van der Waals surface area contributed by atoms with Crippen molar-refractivity contribution in [3.8, 4) is 0 Å². The maximum absolute atomic E-state index is 13.0. The summed E-state index contributed by atoms with van der Waals surface area (Å²) in [6.45, 7) is 1.78. The summed E-state index contributed by atoms with van der Waals surface area (Å²) < 4.78 is 12.4.